The van der Waals surface area contributed by atoms with Crippen LogP contribution < -0.4 is 27.0 Å². The summed E-state index contributed by atoms with van der Waals surface area (Å²) in [4.78, 5) is 40.5. The van der Waals surface area contributed by atoms with Crippen molar-refractivity contribution in [3.8, 4) is 22.5 Å². The quantitative estimate of drug-likeness (QED) is 0.140. The highest BCUT2D eigenvalue weighted by molar-refractivity contribution is 5.98. The van der Waals surface area contributed by atoms with Gasteiger partial charge in [0.15, 0.2) is 0 Å². The van der Waals surface area contributed by atoms with Gasteiger partial charge in [-0.15, -0.1) is 10.2 Å². The van der Waals surface area contributed by atoms with Gasteiger partial charge in [-0.3, -0.25) is 14.4 Å². The monoisotopic (exact) mass is 663 g/mol. The van der Waals surface area contributed by atoms with Gasteiger partial charge in [0.1, 0.15) is 6.04 Å². The summed E-state index contributed by atoms with van der Waals surface area (Å²) in [5.74, 6) is 0.251. The Kier molecular flexibility index (Phi) is 11.1. The van der Waals surface area contributed by atoms with E-state index in [1.54, 1.807) is 24.3 Å². The molecule has 1 atom stereocenters. The molecule has 256 valence electrons. The summed E-state index contributed by atoms with van der Waals surface area (Å²) in [6.07, 6.45) is 5.46. The third-order valence-electron chi connectivity index (χ3n) is 9.79. The van der Waals surface area contributed by atoms with Gasteiger partial charge in [0.05, 0.1) is 0 Å². The van der Waals surface area contributed by atoms with Crippen LogP contribution in [-0.4, -0.2) is 70.1 Å². The van der Waals surface area contributed by atoms with E-state index in [1.165, 1.54) is 0 Å². The van der Waals surface area contributed by atoms with Crippen LogP contribution in [0, 0.1) is 18.8 Å². The highest BCUT2D eigenvalue weighted by atomic mass is 16.2. The molecule has 2 heterocycles. The maximum absolute atomic E-state index is 13.8. The third kappa shape index (κ3) is 8.76. The van der Waals surface area contributed by atoms with Crippen LogP contribution in [-0.2, 0) is 16.0 Å². The number of piperidine rings is 1. The van der Waals surface area contributed by atoms with Crippen LogP contribution in [0.5, 0.6) is 0 Å². The van der Waals surface area contributed by atoms with Crippen molar-refractivity contribution in [1.29, 1.82) is 0 Å². The van der Waals surface area contributed by atoms with Crippen molar-refractivity contribution < 1.29 is 14.4 Å². The molecular weight excluding hydrogens is 618 g/mol. The molecule has 49 heavy (non-hydrogen) atoms. The number of rotatable bonds is 11. The predicted molar refractivity (Wildman–Crippen MR) is 188 cm³/mol. The Hall–Kier alpha value is -4.94. The first-order chi connectivity index (χ1) is 23.9. The van der Waals surface area contributed by atoms with Crippen molar-refractivity contribution in [3.05, 3.63) is 83.4 Å². The van der Waals surface area contributed by atoms with Gasteiger partial charge in [0.25, 0.3) is 5.91 Å². The lowest BCUT2D eigenvalue weighted by atomic mass is 9.81. The zero-order chi connectivity index (χ0) is 34.2. The number of carbonyl (C=O) groups excluding carboxylic acids is 3. The fraction of sp³-hybridized carbons (Fsp3) is 0.405. The van der Waals surface area contributed by atoms with Gasteiger partial charge >= 0.3 is 0 Å². The van der Waals surface area contributed by atoms with E-state index in [2.05, 4.69) is 41.9 Å². The van der Waals surface area contributed by atoms with Gasteiger partial charge in [-0.25, -0.2) is 0 Å². The molecule has 0 spiro atoms. The van der Waals surface area contributed by atoms with Gasteiger partial charge < -0.3 is 27.0 Å². The van der Waals surface area contributed by atoms with Crippen molar-refractivity contribution in [3.63, 3.8) is 0 Å². The molecule has 1 unspecified atom stereocenters. The van der Waals surface area contributed by atoms with E-state index in [0.29, 0.717) is 36.0 Å². The molecule has 12 heteroatoms. The molecule has 1 saturated heterocycles. The maximum Gasteiger partial charge on any atom is 0.251 e. The number of benzene rings is 3. The molecule has 12 nitrogen and oxygen atoms in total. The van der Waals surface area contributed by atoms with E-state index >= 15 is 0 Å². The number of nitrogens with two attached hydrogens (primary N) is 1. The second kappa shape index (κ2) is 16.0. The maximum atomic E-state index is 13.8. The Morgan fingerprint density at radius 3 is 2.41 bits per heavy atom. The molecular formula is C37H45N9O3. The van der Waals surface area contributed by atoms with Gasteiger partial charge in [-0.1, -0.05) is 30.3 Å². The highest BCUT2D eigenvalue weighted by Crippen LogP contribution is 2.29. The molecule has 6 rings (SSSR count). The SMILES string of the molecule is Cc1ccc(C(=O)NC2CCNCC2)cc1-c1cccc(CC(NC(=O)C2CCC(CN)CC2)C(=O)Nc2ccc(-c3nn[nH]n3)cc2)c1. The summed E-state index contributed by atoms with van der Waals surface area (Å²) >= 11 is 0. The number of hydrogen-bond donors (Lipinski definition) is 6. The standard InChI is InChI=1S/C37H45N9O3/c1-23-5-8-29(36(48)40-31-15-17-39-18-16-31)21-32(23)28-4-2-3-25(19-28)20-33(42-35(47)27-9-6-24(22-38)7-10-27)37(49)41-30-13-11-26(12-14-30)34-43-45-46-44-34/h2-5,8,11-14,19,21,24,27,31,33,39H,6-7,9-10,15-18,20,22,38H2,1H3,(H,40,48)(H,41,49)(H,42,47)(H,43,44,45,46). The molecule has 0 radical (unpaired) electrons. The van der Waals surface area contributed by atoms with Crippen molar-refractivity contribution in [2.75, 3.05) is 25.0 Å². The van der Waals surface area contributed by atoms with Crippen LogP contribution in [0.1, 0.15) is 60.0 Å². The van der Waals surface area contributed by atoms with E-state index in [1.807, 2.05) is 49.4 Å². The molecule has 2 aliphatic rings. The lowest BCUT2D eigenvalue weighted by Crippen LogP contribution is -2.48. The Labute approximate surface area is 286 Å². The number of nitrogens with one attached hydrogen (secondary N) is 5. The molecule has 3 aromatic carbocycles. The molecule has 1 aromatic heterocycles. The second-order valence-electron chi connectivity index (χ2n) is 13.2. The zero-order valence-corrected chi connectivity index (χ0v) is 27.9. The second-order valence-corrected chi connectivity index (χ2v) is 13.2. The average Bonchev–Trinajstić information content (AvgIpc) is 3.68. The molecule has 1 aliphatic heterocycles. The first-order valence-electron chi connectivity index (χ1n) is 17.2. The number of H-pyrrole nitrogens is 1. The average molecular weight is 664 g/mol. The zero-order valence-electron chi connectivity index (χ0n) is 27.9. The highest BCUT2D eigenvalue weighted by Gasteiger charge is 2.29. The normalized spacial score (nSPS) is 18.7. The van der Waals surface area contributed by atoms with Crippen molar-refractivity contribution >= 4 is 23.4 Å². The minimum atomic E-state index is -0.810. The number of hydrogen-bond acceptors (Lipinski definition) is 8. The predicted octanol–water partition coefficient (Wildman–Crippen LogP) is 3.76. The molecule has 1 saturated carbocycles. The minimum absolute atomic E-state index is 0.0745. The van der Waals surface area contributed by atoms with Crippen LogP contribution in [0.15, 0.2) is 66.7 Å². The van der Waals surface area contributed by atoms with Crippen LogP contribution in [0.2, 0.25) is 0 Å². The number of amides is 3. The number of aryl methyl sites for hydroxylation is 1. The summed E-state index contributed by atoms with van der Waals surface area (Å²) in [5, 5.41) is 26.6. The summed E-state index contributed by atoms with van der Waals surface area (Å²) in [7, 11) is 0. The Morgan fingerprint density at radius 2 is 1.69 bits per heavy atom. The number of aromatic amines is 1. The number of tetrazole rings is 1. The van der Waals surface area contributed by atoms with E-state index in [0.717, 1.165) is 79.4 Å². The molecule has 2 fully saturated rings. The lowest BCUT2D eigenvalue weighted by molar-refractivity contribution is -0.130. The summed E-state index contributed by atoms with van der Waals surface area (Å²) in [6, 6.07) is 20.2. The summed E-state index contributed by atoms with van der Waals surface area (Å²) in [6.45, 7) is 4.46. The smallest absolute Gasteiger partial charge is 0.251 e. The van der Waals surface area contributed by atoms with E-state index in [9.17, 15) is 14.4 Å². The Morgan fingerprint density at radius 1 is 0.918 bits per heavy atom. The first-order valence-corrected chi connectivity index (χ1v) is 17.2. The molecule has 1 aliphatic carbocycles. The van der Waals surface area contributed by atoms with Gasteiger partial charge in [0, 0.05) is 35.2 Å². The fourth-order valence-corrected chi connectivity index (χ4v) is 6.79. The topological polar surface area (TPSA) is 180 Å². The van der Waals surface area contributed by atoms with Crippen molar-refractivity contribution in [1.82, 2.24) is 36.6 Å². The Bertz CT molecular complexity index is 1730. The van der Waals surface area contributed by atoms with Crippen molar-refractivity contribution in [2.45, 2.75) is 64.0 Å². The number of carbonyl (C=O) groups is 3. The number of nitrogens with zero attached hydrogens (tertiary/aromatic N) is 3. The van der Waals surface area contributed by atoms with E-state index in [4.69, 9.17) is 5.73 Å². The van der Waals surface area contributed by atoms with Crippen molar-refractivity contribution in [2.24, 2.45) is 17.6 Å². The van der Waals surface area contributed by atoms with Gasteiger partial charge in [-0.2, -0.15) is 5.21 Å². The first kappa shape index (κ1) is 33.9. The van der Waals surface area contributed by atoms with Gasteiger partial charge in [-0.05, 0) is 135 Å². The van der Waals surface area contributed by atoms with Crippen LogP contribution in [0.4, 0.5) is 5.69 Å². The third-order valence-corrected chi connectivity index (χ3v) is 9.79. The minimum Gasteiger partial charge on any atom is -0.349 e. The van der Waals surface area contributed by atoms with E-state index in [-0.39, 0.29) is 29.7 Å². The molecule has 7 N–H and O–H groups in total. The Balaban J connectivity index is 1.20. The number of aromatic nitrogens is 4. The van der Waals surface area contributed by atoms with Gasteiger partial charge in [0.2, 0.25) is 17.6 Å². The summed E-state index contributed by atoms with van der Waals surface area (Å²) in [5.41, 5.74) is 11.6. The lowest BCUT2D eigenvalue weighted by Gasteiger charge is -2.28. The van der Waals surface area contributed by atoms with Crippen LogP contribution in [0.3, 0.4) is 0 Å². The molecule has 3 amide bonds. The molecule has 0 bridgehead atoms. The summed E-state index contributed by atoms with van der Waals surface area (Å²) < 4.78 is 0. The van der Waals surface area contributed by atoms with Crippen LogP contribution >= 0.6 is 0 Å². The fourth-order valence-electron chi connectivity index (χ4n) is 6.79. The van der Waals surface area contributed by atoms with E-state index < -0.39 is 6.04 Å². The number of anilines is 1. The largest absolute Gasteiger partial charge is 0.349 e. The van der Waals surface area contributed by atoms with Crippen LogP contribution in [0.25, 0.3) is 22.5 Å². The molecule has 4 aromatic rings.